The minimum atomic E-state index is -0.511. The number of halogens is 2. The van der Waals surface area contributed by atoms with Crippen LogP contribution in [0.2, 0.25) is 0 Å². The topological polar surface area (TPSA) is 21.3 Å². The molecule has 100 valence electrons. The maximum atomic E-state index is 13.9. The molecule has 1 heterocycles. The fourth-order valence-electron chi connectivity index (χ4n) is 2.55. The molecule has 1 aromatic carbocycles. The predicted molar refractivity (Wildman–Crippen MR) is 66.3 cm³/mol. The Morgan fingerprint density at radius 1 is 1.39 bits per heavy atom. The van der Waals surface area contributed by atoms with E-state index < -0.39 is 17.7 Å². The van der Waals surface area contributed by atoms with Gasteiger partial charge in [0.05, 0.1) is 12.1 Å². The predicted octanol–water partition coefficient (Wildman–Crippen LogP) is 3.04. The zero-order valence-corrected chi connectivity index (χ0v) is 10.7. The van der Waals surface area contributed by atoms with Gasteiger partial charge in [-0.3, -0.25) is 0 Å². The van der Waals surface area contributed by atoms with Gasteiger partial charge < -0.3 is 10.1 Å². The first kappa shape index (κ1) is 13.4. The van der Waals surface area contributed by atoms with Crippen LogP contribution in [0.15, 0.2) is 18.2 Å². The highest BCUT2D eigenvalue weighted by Crippen LogP contribution is 2.33. The van der Waals surface area contributed by atoms with Crippen LogP contribution in [0.25, 0.3) is 0 Å². The molecule has 0 aromatic heterocycles. The minimum Gasteiger partial charge on any atom is -0.376 e. The molecule has 1 fully saturated rings. The Kier molecular flexibility index (Phi) is 4.30. The third-order valence-electron chi connectivity index (χ3n) is 3.51. The lowest BCUT2D eigenvalue weighted by atomic mass is 9.92. The molecule has 0 bridgehead atoms. The van der Waals surface area contributed by atoms with Gasteiger partial charge >= 0.3 is 0 Å². The van der Waals surface area contributed by atoms with Crippen molar-refractivity contribution >= 4 is 0 Å². The van der Waals surface area contributed by atoms with Crippen molar-refractivity contribution < 1.29 is 13.5 Å². The molecule has 1 aromatic rings. The number of hydrogen-bond acceptors (Lipinski definition) is 2. The molecule has 2 nitrogen and oxygen atoms in total. The van der Waals surface area contributed by atoms with E-state index in [0.717, 1.165) is 6.42 Å². The van der Waals surface area contributed by atoms with Crippen molar-refractivity contribution in [1.82, 2.24) is 5.32 Å². The highest BCUT2D eigenvalue weighted by atomic mass is 19.1. The van der Waals surface area contributed by atoms with E-state index in [1.807, 2.05) is 6.92 Å². The molecule has 2 rings (SSSR count). The number of hydrogen-bond donors (Lipinski definition) is 1. The molecule has 3 unspecified atom stereocenters. The normalized spacial score (nSPS) is 25.3. The Hall–Kier alpha value is -1.00. The fourth-order valence-corrected chi connectivity index (χ4v) is 2.55. The van der Waals surface area contributed by atoms with E-state index in [2.05, 4.69) is 12.2 Å². The van der Waals surface area contributed by atoms with Gasteiger partial charge in [-0.2, -0.15) is 0 Å². The molecule has 18 heavy (non-hydrogen) atoms. The van der Waals surface area contributed by atoms with Gasteiger partial charge in [0, 0.05) is 12.2 Å². The molecule has 1 aliphatic rings. The number of nitrogens with one attached hydrogen (secondary N) is 1. The lowest BCUT2D eigenvalue weighted by Gasteiger charge is -2.27. The van der Waals surface area contributed by atoms with E-state index in [4.69, 9.17) is 4.74 Å². The molecule has 0 saturated carbocycles. The summed E-state index contributed by atoms with van der Waals surface area (Å²) >= 11 is 0. The zero-order valence-electron chi connectivity index (χ0n) is 10.7. The number of ether oxygens (including phenoxy) is 1. The molecular formula is C14H19F2NO. The third-order valence-corrected chi connectivity index (χ3v) is 3.51. The van der Waals surface area contributed by atoms with Crippen LogP contribution in [-0.2, 0) is 4.74 Å². The SMILES string of the molecule is CCNC(c1c(F)cccc1F)C1OCCC1C. The van der Waals surface area contributed by atoms with Crippen molar-refractivity contribution in [2.45, 2.75) is 32.4 Å². The van der Waals surface area contributed by atoms with Crippen molar-refractivity contribution in [3.8, 4) is 0 Å². The van der Waals surface area contributed by atoms with Crippen molar-refractivity contribution in [1.29, 1.82) is 0 Å². The van der Waals surface area contributed by atoms with Crippen molar-refractivity contribution in [3.05, 3.63) is 35.4 Å². The number of rotatable bonds is 4. The Bertz CT molecular complexity index is 391. The summed E-state index contributed by atoms with van der Waals surface area (Å²) in [4.78, 5) is 0. The summed E-state index contributed by atoms with van der Waals surface area (Å²) in [6.45, 7) is 5.28. The standard InChI is InChI=1S/C14H19F2NO/c1-3-17-13(14-9(2)7-8-18-14)12-10(15)5-4-6-11(12)16/h4-6,9,13-14,17H,3,7-8H2,1-2H3. The average molecular weight is 255 g/mol. The van der Waals surface area contributed by atoms with Gasteiger partial charge in [0.25, 0.3) is 0 Å². The second kappa shape index (κ2) is 5.76. The van der Waals surface area contributed by atoms with Crippen LogP contribution in [0.1, 0.15) is 31.9 Å². The summed E-state index contributed by atoms with van der Waals surface area (Å²) in [5.41, 5.74) is 0.0955. The number of benzene rings is 1. The molecular weight excluding hydrogens is 236 g/mol. The first-order valence-electron chi connectivity index (χ1n) is 6.44. The summed E-state index contributed by atoms with van der Waals surface area (Å²) in [6, 6.07) is 3.55. The van der Waals surface area contributed by atoms with Crippen LogP contribution in [0.3, 0.4) is 0 Å². The summed E-state index contributed by atoms with van der Waals surface area (Å²) in [7, 11) is 0. The first-order valence-corrected chi connectivity index (χ1v) is 6.44. The summed E-state index contributed by atoms with van der Waals surface area (Å²) in [5.74, 6) is -0.722. The average Bonchev–Trinajstić information content (AvgIpc) is 2.74. The molecule has 4 heteroatoms. The van der Waals surface area contributed by atoms with Crippen molar-refractivity contribution in [3.63, 3.8) is 0 Å². The summed E-state index contributed by atoms with van der Waals surface area (Å²) < 4.78 is 33.4. The van der Waals surface area contributed by atoms with Crippen molar-refractivity contribution in [2.75, 3.05) is 13.2 Å². The highest BCUT2D eigenvalue weighted by Gasteiger charge is 2.35. The van der Waals surface area contributed by atoms with E-state index in [0.29, 0.717) is 19.1 Å². The lowest BCUT2D eigenvalue weighted by molar-refractivity contribution is 0.0589. The molecule has 1 aliphatic heterocycles. The molecule has 0 radical (unpaired) electrons. The van der Waals surface area contributed by atoms with E-state index in [1.165, 1.54) is 18.2 Å². The number of likely N-dealkylation sites (N-methyl/N-ethyl adjacent to an activating group) is 1. The van der Waals surface area contributed by atoms with Crippen LogP contribution in [0, 0.1) is 17.6 Å². The van der Waals surface area contributed by atoms with E-state index in [-0.39, 0.29) is 11.7 Å². The third kappa shape index (κ3) is 2.54. The Balaban J connectivity index is 2.34. The van der Waals surface area contributed by atoms with Gasteiger partial charge in [0.1, 0.15) is 11.6 Å². The Morgan fingerprint density at radius 3 is 2.56 bits per heavy atom. The molecule has 1 saturated heterocycles. The second-order valence-electron chi connectivity index (χ2n) is 4.77. The Labute approximate surface area is 106 Å². The minimum absolute atomic E-state index is 0.0955. The highest BCUT2D eigenvalue weighted by molar-refractivity contribution is 5.25. The maximum Gasteiger partial charge on any atom is 0.131 e. The van der Waals surface area contributed by atoms with Crippen molar-refractivity contribution in [2.24, 2.45) is 5.92 Å². The van der Waals surface area contributed by atoms with E-state index in [1.54, 1.807) is 0 Å². The van der Waals surface area contributed by atoms with Crippen LogP contribution in [0.4, 0.5) is 8.78 Å². The quantitative estimate of drug-likeness (QED) is 0.893. The van der Waals surface area contributed by atoms with Crippen LogP contribution < -0.4 is 5.32 Å². The van der Waals surface area contributed by atoms with Crippen LogP contribution >= 0.6 is 0 Å². The van der Waals surface area contributed by atoms with Gasteiger partial charge in [0.2, 0.25) is 0 Å². The molecule has 0 spiro atoms. The first-order chi connectivity index (χ1) is 8.65. The molecule has 1 N–H and O–H groups in total. The fraction of sp³-hybridized carbons (Fsp3) is 0.571. The molecule has 0 amide bonds. The maximum absolute atomic E-state index is 13.9. The largest absolute Gasteiger partial charge is 0.376 e. The van der Waals surface area contributed by atoms with Crippen LogP contribution in [-0.4, -0.2) is 19.3 Å². The van der Waals surface area contributed by atoms with E-state index >= 15 is 0 Å². The zero-order chi connectivity index (χ0) is 13.1. The lowest BCUT2D eigenvalue weighted by Crippen LogP contribution is -2.36. The van der Waals surface area contributed by atoms with Gasteiger partial charge in [-0.1, -0.05) is 19.9 Å². The smallest absolute Gasteiger partial charge is 0.131 e. The van der Waals surface area contributed by atoms with Gasteiger partial charge in [-0.15, -0.1) is 0 Å². The van der Waals surface area contributed by atoms with Gasteiger partial charge in [-0.05, 0) is 31.0 Å². The van der Waals surface area contributed by atoms with E-state index in [9.17, 15) is 8.78 Å². The second-order valence-corrected chi connectivity index (χ2v) is 4.77. The molecule has 3 atom stereocenters. The monoisotopic (exact) mass is 255 g/mol. The summed E-state index contributed by atoms with van der Waals surface area (Å²) in [5, 5.41) is 3.15. The van der Waals surface area contributed by atoms with Gasteiger partial charge in [0.15, 0.2) is 0 Å². The van der Waals surface area contributed by atoms with Gasteiger partial charge in [-0.25, -0.2) is 8.78 Å². The molecule has 0 aliphatic carbocycles. The Morgan fingerprint density at radius 2 is 2.06 bits per heavy atom. The summed E-state index contributed by atoms with van der Waals surface area (Å²) in [6.07, 6.45) is 0.763. The van der Waals surface area contributed by atoms with Crippen LogP contribution in [0.5, 0.6) is 0 Å².